The highest BCUT2D eigenvalue weighted by molar-refractivity contribution is 5.71. The van der Waals surface area contributed by atoms with E-state index in [4.69, 9.17) is 14.2 Å². The van der Waals surface area contributed by atoms with Crippen molar-refractivity contribution >= 4 is 17.9 Å². The Hall–Kier alpha value is -4.19. The second-order valence-corrected chi connectivity index (χ2v) is 20.2. The van der Waals surface area contributed by atoms with Crippen LogP contribution in [0.1, 0.15) is 278 Å². The molecule has 0 aromatic carbocycles. The maximum atomic E-state index is 12.9. The summed E-state index contributed by atoms with van der Waals surface area (Å²) in [5, 5.41) is 0. The number of ether oxygens (including phenoxy) is 3. The Morgan fingerprint density at radius 1 is 0.280 bits per heavy atom. The SMILES string of the molecule is CC/C=C\C/C=C\C/C=C\C/C=C\C/C=C\CCCCCCCCCC(=O)OCC(COC(=O)CCCCCCCCC/C=C\CCCCCCCC)OC(=O)CCCCCC/C=C\C/C=C\C/C=C\C/C=C\CC. The molecule has 0 radical (unpaired) electrons. The van der Waals surface area contributed by atoms with E-state index in [1.54, 1.807) is 0 Å². The Labute approximate surface area is 462 Å². The lowest BCUT2D eigenvalue weighted by Gasteiger charge is -2.18. The number of unbranched alkanes of at least 4 members (excludes halogenated alkanes) is 24. The Kier molecular flexibility index (Phi) is 58.9. The van der Waals surface area contributed by atoms with Crippen LogP contribution in [0, 0.1) is 0 Å². The molecule has 0 aromatic heterocycles. The number of esters is 3. The minimum absolute atomic E-state index is 0.0960. The molecule has 0 aromatic rings. The van der Waals surface area contributed by atoms with Crippen molar-refractivity contribution in [2.45, 2.75) is 284 Å². The lowest BCUT2D eigenvalue weighted by molar-refractivity contribution is -0.167. The topological polar surface area (TPSA) is 78.9 Å². The number of rotatable bonds is 55. The standard InChI is InChI=1S/C69H114O6/c1-4-7-10-13-16-19-22-25-28-31-32-33-34-35-36-39-41-44-47-50-53-56-59-62-68(71)74-65-66(75-69(72)63-60-57-54-51-48-45-42-38-30-27-24-21-18-15-12-9-6-3)64-73-67(70)61-58-55-52-49-46-43-40-37-29-26-23-20-17-14-11-8-5-2/h7,9-10,12,16,18-19,21,25-30,32-33,35-36,42,45,66H,4-6,8,11,13-15,17,20,22-24,31,34,37-41,43-44,46-65H2,1-3H3/b10-7-,12-9-,19-16-,21-18-,28-25-,29-26-,30-27-,33-32-,36-35-,45-42-. The average Bonchev–Trinajstić information content (AvgIpc) is 3.41. The molecule has 6 nitrogen and oxygen atoms in total. The fraction of sp³-hybridized carbons (Fsp3) is 0.667. The van der Waals surface area contributed by atoms with Gasteiger partial charge in [0.2, 0.25) is 0 Å². The van der Waals surface area contributed by atoms with E-state index in [1.165, 1.54) is 103 Å². The van der Waals surface area contributed by atoms with Crippen LogP contribution < -0.4 is 0 Å². The van der Waals surface area contributed by atoms with Gasteiger partial charge in [-0.1, -0.05) is 251 Å². The molecule has 0 N–H and O–H groups in total. The van der Waals surface area contributed by atoms with Gasteiger partial charge in [0, 0.05) is 19.3 Å². The minimum atomic E-state index is -0.802. The molecule has 0 fully saturated rings. The molecule has 0 aliphatic carbocycles. The summed E-state index contributed by atoms with van der Waals surface area (Å²) in [6, 6.07) is 0. The molecule has 0 bridgehead atoms. The van der Waals surface area contributed by atoms with Gasteiger partial charge >= 0.3 is 17.9 Å². The summed E-state index contributed by atoms with van der Waals surface area (Å²) in [5.74, 6) is -0.932. The maximum Gasteiger partial charge on any atom is 0.306 e. The fourth-order valence-electron chi connectivity index (χ4n) is 8.34. The molecule has 0 spiro atoms. The first-order valence-corrected chi connectivity index (χ1v) is 31.0. The summed E-state index contributed by atoms with van der Waals surface area (Å²) in [4.78, 5) is 38.3. The summed E-state index contributed by atoms with van der Waals surface area (Å²) < 4.78 is 16.9. The van der Waals surface area contributed by atoms with E-state index in [1.807, 2.05) is 0 Å². The first-order chi connectivity index (χ1) is 37.0. The first-order valence-electron chi connectivity index (χ1n) is 31.0. The molecule has 1 unspecified atom stereocenters. The lowest BCUT2D eigenvalue weighted by Crippen LogP contribution is -2.30. The second kappa shape index (κ2) is 62.4. The lowest BCUT2D eigenvalue weighted by atomic mass is 10.1. The van der Waals surface area contributed by atoms with Crippen LogP contribution in [0.4, 0.5) is 0 Å². The second-order valence-electron chi connectivity index (χ2n) is 20.2. The van der Waals surface area contributed by atoms with Crippen LogP contribution in [0.25, 0.3) is 0 Å². The molecule has 0 rings (SSSR count). The van der Waals surface area contributed by atoms with E-state index in [2.05, 4.69) is 142 Å². The molecule has 0 saturated heterocycles. The number of carbonyl (C=O) groups is 3. The molecule has 0 aliphatic heterocycles. The van der Waals surface area contributed by atoms with E-state index in [0.717, 1.165) is 135 Å². The third-order valence-corrected chi connectivity index (χ3v) is 12.9. The van der Waals surface area contributed by atoms with Crippen molar-refractivity contribution in [2.75, 3.05) is 13.2 Å². The van der Waals surface area contributed by atoms with Crippen molar-refractivity contribution in [3.05, 3.63) is 122 Å². The van der Waals surface area contributed by atoms with Gasteiger partial charge in [0.05, 0.1) is 0 Å². The van der Waals surface area contributed by atoms with E-state index < -0.39 is 6.10 Å². The van der Waals surface area contributed by atoms with Gasteiger partial charge in [-0.3, -0.25) is 14.4 Å². The zero-order valence-corrected chi connectivity index (χ0v) is 48.8. The molecule has 75 heavy (non-hydrogen) atoms. The van der Waals surface area contributed by atoms with Crippen LogP contribution in [-0.4, -0.2) is 37.2 Å². The molecular weight excluding hydrogens is 925 g/mol. The summed E-state index contributed by atoms with van der Waals surface area (Å²) in [5.41, 5.74) is 0. The molecule has 0 heterocycles. The Morgan fingerprint density at radius 3 is 0.827 bits per heavy atom. The smallest absolute Gasteiger partial charge is 0.306 e. The van der Waals surface area contributed by atoms with Crippen LogP contribution in [0.3, 0.4) is 0 Å². The summed E-state index contributed by atoms with van der Waals surface area (Å²) in [6.07, 6.45) is 86.2. The van der Waals surface area contributed by atoms with Crippen molar-refractivity contribution in [3.8, 4) is 0 Å². The predicted octanol–water partition coefficient (Wildman–Crippen LogP) is 21.2. The highest BCUT2D eigenvalue weighted by Crippen LogP contribution is 2.15. The number of carbonyl (C=O) groups excluding carboxylic acids is 3. The molecule has 0 amide bonds. The predicted molar refractivity (Wildman–Crippen MR) is 325 cm³/mol. The Bertz CT molecular complexity index is 1570. The van der Waals surface area contributed by atoms with E-state index >= 15 is 0 Å². The van der Waals surface area contributed by atoms with Crippen molar-refractivity contribution in [2.24, 2.45) is 0 Å². The normalized spacial score (nSPS) is 12.9. The number of allylic oxidation sites excluding steroid dienone is 20. The molecule has 0 saturated carbocycles. The molecule has 1 atom stereocenters. The summed E-state index contributed by atoms with van der Waals surface area (Å²) in [6.45, 7) is 6.39. The van der Waals surface area contributed by atoms with Crippen LogP contribution in [0.15, 0.2) is 122 Å². The van der Waals surface area contributed by atoms with Gasteiger partial charge in [0.15, 0.2) is 6.10 Å². The van der Waals surface area contributed by atoms with E-state index in [0.29, 0.717) is 19.3 Å². The van der Waals surface area contributed by atoms with Crippen LogP contribution in [-0.2, 0) is 28.6 Å². The van der Waals surface area contributed by atoms with Gasteiger partial charge in [-0.2, -0.15) is 0 Å². The number of hydrogen-bond acceptors (Lipinski definition) is 6. The van der Waals surface area contributed by atoms with Gasteiger partial charge < -0.3 is 14.2 Å². The van der Waals surface area contributed by atoms with E-state index in [-0.39, 0.29) is 31.1 Å². The zero-order chi connectivity index (χ0) is 54.3. The first kappa shape index (κ1) is 70.8. The van der Waals surface area contributed by atoms with Crippen molar-refractivity contribution in [3.63, 3.8) is 0 Å². The van der Waals surface area contributed by atoms with Crippen LogP contribution in [0.5, 0.6) is 0 Å². The maximum absolute atomic E-state index is 12.9. The highest BCUT2D eigenvalue weighted by atomic mass is 16.6. The van der Waals surface area contributed by atoms with Crippen molar-refractivity contribution < 1.29 is 28.6 Å². The Balaban J connectivity index is 4.45. The summed E-state index contributed by atoms with van der Waals surface area (Å²) >= 11 is 0. The van der Waals surface area contributed by atoms with Gasteiger partial charge in [0.25, 0.3) is 0 Å². The fourth-order valence-corrected chi connectivity index (χ4v) is 8.34. The minimum Gasteiger partial charge on any atom is -0.462 e. The third-order valence-electron chi connectivity index (χ3n) is 12.9. The van der Waals surface area contributed by atoms with Gasteiger partial charge in [-0.25, -0.2) is 0 Å². The van der Waals surface area contributed by atoms with Gasteiger partial charge in [-0.15, -0.1) is 0 Å². The summed E-state index contributed by atoms with van der Waals surface area (Å²) in [7, 11) is 0. The largest absolute Gasteiger partial charge is 0.462 e. The molecule has 426 valence electrons. The monoisotopic (exact) mass is 1040 g/mol. The van der Waals surface area contributed by atoms with Crippen molar-refractivity contribution in [1.29, 1.82) is 0 Å². The number of hydrogen-bond donors (Lipinski definition) is 0. The highest BCUT2D eigenvalue weighted by Gasteiger charge is 2.19. The molecule has 6 heteroatoms. The Morgan fingerprint density at radius 2 is 0.520 bits per heavy atom. The van der Waals surface area contributed by atoms with E-state index in [9.17, 15) is 14.4 Å². The van der Waals surface area contributed by atoms with Crippen molar-refractivity contribution in [1.82, 2.24) is 0 Å². The van der Waals surface area contributed by atoms with Crippen LogP contribution >= 0.6 is 0 Å². The molecular formula is C69H114O6. The van der Waals surface area contributed by atoms with Gasteiger partial charge in [-0.05, 0) is 128 Å². The van der Waals surface area contributed by atoms with Gasteiger partial charge in [0.1, 0.15) is 13.2 Å². The average molecular weight is 1040 g/mol. The zero-order valence-electron chi connectivity index (χ0n) is 48.8. The van der Waals surface area contributed by atoms with Crippen LogP contribution in [0.2, 0.25) is 0 Å². The quantitative estimate of drug-likeness (QED) is 0.0261. The molecule has 0 aliphatic rings. The third kappa shape index (κ3) is 60.6.